The van der Waals surface area contributed by atoms with Crippen molar-refractivity contribution in [3.8, 4) is 0 Å². The van der Waals surface area contributed by atoms with E-state index < -0.39 is 53.1 Å². The lowest BCUT2D eigenvalue weighted by Crippen LogP contribution is -2.57. The molecule has 5 rings (SSSR count). The summed E-state index contributed by atoms with van der Waals surface area (Å²) in [7, 11) is 0. The number of carbonyl (C=O) groups excluding carboxylic acids is 5. The van der Waals surface area contributed by atoms with Crippen molar-refractivity contribution in [3.05, 3.63) is 24.3 Å². The molecular weight excluding hydrogens is 536 g/mol. The van der Waals surface area contributed by atoms with E-state index in [1.165, 1.54) is 20.8 Å². The molecule has 0 aromatic heterocycles. The van der Waals surface area contributed by atoms with E-state index in [2.05, 4.69) is 33.4 Å². The summed E-state index contributed by atoms with van der Waals surface area (Å²) in [6.45, 7) is 16.3. The Balaban J connectivity index is 1.53. The zero-order valence-corrected chi connectivity index (χ0v) is 26.1. The van der Waals surface area contributed by atoms with Gasteiger partial charge in [-0.15, -0.1) is 0 Å². The molecule has 8 heteroatoms. The summed E-state index contributed by atoms with van der Waals surface area (Å²) in [6, 6.07) is 0. The van der Waals surface area contributed by atoms with Crippen LogP contribution in [0.15, 0.2) is 24.3 Å². The number of hydrogen-bond donors (Lipinski definition) is 0. The van der Waals surface area contributed by atoms with Gasteiger partial charge in [0, 0.05) is 38.5 Å². The lowest BCUT2D eigenvalue weighted by molar-refractivity contribution is -0.173. The van der Waals surface area contributed by atoms with Gasteiger partial charge < -0.3 is 14.2 Å². The Bertz CT molecular complexity index is 1270. The highest BCUT2D eigenvalue weighted by Crippen LogP contribution is 2.87. The molecule has 0 saturated heterocycles. The second kappa shape index (κ2) is 10.2. The van der Waals surface area contributed by atoms with Crippen LogP contribution < -0.4 is 0 Å². The smallest absolute Gasteiger partial charge is 0.303 e. The quantitative estimate of drug-likeness (QED) is 0.219. The van der Waals surface area contributed by atoms with E-state index >= 15 is 0 Å². The number of carbonyl (C=O) groups is 5. The zero-order chi connectivity index (χ0) is 31.0. The average molecular weight is 583 g/mol. The lowest BCUT2D eigenvalue weighted by atomic mass is 9.43. The Morgan fingerprint density at radius 1 is 1.02 bits per heavy atom. The predicted octanol–water partition coefficient (Wildman–Crippen LogP) is 5.18. The molecule has 0 aliphatic heterocycles. The lowest BCUT2D eigenvalue weighted by Gasteiger charge is -2.60. The van der Waals surface area contributed by atoms with Crippen molar-refractivity contribution in [1.29, 1.82) is 0 Å². The highest BCUT2D eigenvalue weighted by molar-refractivity contribution is 6.00. The van der Waals surface area contributed by atoms with Crippen molar-refractivity contribution in [2.45, 2.75) is 99.2 Å². The third-order valence-corrected chi connectivity index (χ3v) is 12.7. The second-order valence-corrected chi connectivity index (χ2v) is 14.5. The Morgan fingerprint density at radius 3 is 2.33 bits per heavy atom. The van der Waals surface area contributed by atoms with Gasteiger partial charge in [0.2, 0.25) is 0 Å². The summed E-state index contributed by atoms with van der Waals surface area (Å²) in [5, 5.41) is 0. The predicted molar refractivity (Wildman–Crippen MR) is 154 cm³/mol. The molecule has 11 atom stereocenters. The second-order valence-electron chi connectivity index (χ2n) is 14.5. The number of esters is 3. The molecule has 4 saturated carbocycles. The molecule has 8 nitrogen and oxygen atoms in total. The van der Waals surface area contributed by atoms with Crippen molar-refractivity contribution >= 4 is 29.5 Å². The first kappa shape index (κ1) is 30.7. The van der Waals surface area contributed by atoms with Crippen LogP contribution in [-0.2, 0) is 38.2 Å². The first-order valence-corrected chi connectivity index (χ1v) is 15.5. The van der Waals surface area contributed by atoms with Crippen molar-refractivity contribution < 1.29 is 38.2 Å². The van der Waals surface area contributed by atoms with Gasteiger partial charge in [0.25, 0.3) is 0 Å². The number of ketones is 2. The standard InChI is InChI=1S/C34H46O8/c1-18(16-40-21(4)35)19(2)29(39)30(42-23(6)37)28-26(41-22(5)36)15-32(8)27-10-9-24-20(3)25(38)11-12-33(24)17-34(27,33)14-13-31(28,32)7/h11-12,18,20,24,26-28,30H,2,9-10,13-17H2,1,3-8H3/t18-,20-,24-,26-,27-,28?,30+,31+,32-,33+,34-/m0/s1. The van der Waals surface area contributed by atoms with Crippen LogP contribution in [0.3, 0.4) is 0 Å². The maximum absolute atomic E-state index is 14.1. The van der Waals surface area contributed by atoms with E-state index in [1.807, 2.05) is 6.08 Å². The molecule has 0 heterocycles. The van der Waals surface area contributed by atoms with E-state index in [0.29, 0.717) is 18.3 Å². The van der Waals surface area contributed by atoms with Crippen LogP contribution in [-0.4, -0.2) is 48.3 Å². The fourth-order valence-corrected chi connectivity index (χ4v) is 10.5. The topological polar surface area (TPSA) is 113 Å². The van der Waals surface area contributed by atoms with Gasteiger partial charge in [0.05, 0.1) is 6.61 Å². The van der Waals surface area contributed by atoms with Gasteiger partial charge in [-0.3, -0.25) is 24.0 Å². The highest BCUT2D eigenvalue weighted by atomic mass is 16.6. The maximum atomic E-state index is 14.1. The number of hydrogen-bond acceptors (Lipinski definition) is 8. The monoisotopic (exact) mass is 582 g/mol. The van der Waals surface area contributed by atoms with Crippen molar-refractivity contribution in [1.82, 2.24) is 0 Å². The summed E-state index contributed by atoms with van der Waals surface area (Å²) in [6.07, 6.45) is 7.53. The van der Waals surface area contributed by atoms with Crippen molar-refractivity contribution in [2.75, 3.05) is 6.61 Å². The molecule has 4 fully saturated rings. The summed E-state index contributed by atoms with van der Waals surface area (Å²) in [5.41, 5.74) is -0.468. The van der Waals surface area contributed by atoms with Crippen LogP contribution in [0.5, 0.6) is 0 Å². The van der Waals surface area contributed by atoms with E-state index in [0.717, 1.165) is 32.1 Å². The third-order valence-electron chi connectivity index (χ3n) is 12.7. The van der Waals surface area contributed by atoms with Gasteiger partial charge in [-0.05, 0) is 83.7 Å². The molecule has 0 aromatic rings. The van der Waals surface area contributed by atoms with Gasteiger partial charge in [-0.2, -0.15) is 0 Å². The third kappa shape index (κ3) is 4.25. The van der Waals surface area contributed by atoms with Crippen LogP contribution in [0, 0.1) is 51.2 Å². The summed E-state index contributed by atoms with van der Waals surface area (Å²) in [4.78, 5) is 63.1. The summed E-state index contributed by atoms with van der Waals surface area (Å²) < 4.78 is 17.0. The van der Waals surface area contributed by atoms with Crippen LogP contribution in [0.1, 0.15) is 87.0 Å². The van der Waals surface area contributed by atoms with Crippen LogP contribution >= 0.6 is 0 Å². The summed E-state index contributed by atoms with van der Waals surface area (Å²) >= 11 is 0. The minimum absolute atomic E-state index is 0.0119. The maximum Gasteiger partial charge on any atom is 0.303 e. The van der Waals surface area contributed by atoms with Crippen molar-refractivity contribution in [3.63, 3.8) is 0 Å². The summed E-state index contributed by atoms with van der Waals surface area (Å²) in [5.74, 6) is -2.05. The molecule has 0 N–H and O–H groups in total. The van der Waals surface area contributed by atoms with Gasteiger partial charge in [-0.25, -0.2) is 0 Å². The van der Waals surface area contributed by atoms with Gasteiger partial charge in [0.15, 0.2) is 17.7 Å². The number of allylic oxidation sites excluding steroid dienone is 2. The van der Waals surface area contributed by atoms with Crippen LogP contribution in [0.4, 0.5) is 0 Å². The van der Waals surface area contributed by atoms with Crippen LogP contribution in [0.25, 0.3) is 0 Å². The van der Waals surface area contributed by atoms with E-state index in [1.54, 1.807) is 6.92 Å². The first-order chi connectivity index (χ1) is 19.5. The normalized spacial score (nSPS) is 42.5. The number of rotatable bonds is 8. The largest absolute Gasteiger partial charge is 0.465 e. The van der Waals surface area contributed by atoms with E-state index in [9.17, 15) is 24.0 Å². The minimum atomic E-state index is -1.18. The Morgan fingerprint density at radius 2 is 1.71 bits per heavy atom. The SMILES string of the molecule is C=C(C(=O)[C@H](OC(C)=O)C1[C@@H](OC(C)=O)C[C@@]2(C)[C@@H]3CC[C@H]4[C@H](C)C(=O)C=C[C@@]45C[C@@]35CC[C@]12C)[C@@H](C)COC(C)=O. The molecule has 0 amide bonds. The minimum Gasteiger partial charge on any atom is -0.465 e. The molecule has 5 aliphatic carbocycles. The molecule has 0 bridgehead atoms. The molecule has 230 valence electrons. The molecule has 0 aromatic carbocycles. The highest BCUT2D eigenvalue weighted by Gasteiger charge is 2.82. The van der Waals surface area contributed by atoms with Crippen molar-refractivity contribution in [2.24, 2.45) is 51.2 Å². The van der Waals surface area contributed by atoms with E-state index in [-0.39, 0.29) is 40.1 Å². The van der Waals surface area contributed by atoms with Gasteiger partial charge in [-0.1, -0.05) is 40.3 Å². The van der Waals surface area contributed by atoms with E-state index in [4.69, 9.17) is 14.2 Å². The number of ether oxygens (including phenoxy) is 3. The van der Waals surface area contributed by atoms with Gasteiger partial charge >= 0.3 is 17.9 Å². The Kier molecular flexibility index (Phi) is 7.42. The molecular formula is C34H46O8. The fourth-order valence-electron chi connectivity index (χ4n) is 10.5. The van der Waals surface area contributed by atoms with Crippen LogP contribution in [0.2, 0.25) is 0 Å². The molecule has 2 spiro atoms. The number of Topliss-reactive ketones (excluding diaryl/α,β-unsaturated/α-hetero) is 1. The zero-order valence-electron chi connectivity index (χ0n) is 26.1. The fraction of sp³-hybridized carbons (Fsp3) is 0.735. The molecule has 5 aliphatic rings. The Labute approximate surface area is 249 Å². The Hall–Kier alpha value is -2.77. The first-order valence-electron chi connectivity index (χ1n) is 15.5. The van der Waals surface area contributed by atoms with Gasteiger partial charge in [0.1, 0.15) is 6.10 Å². The molecule has 42 heavy (non-hydrogen) atoms. The average Bonchev–Trinajstić information content (AvgIpc) is 3.52. The molecule has 0 radical (unpaired) electrons. The number of fused-ring (bicyclic) bond motifs is 2. The molecule has 1 unspecified atom stereocenters.